The molecule has 2 heterocycles. The Balaban J connectivity index is 1.77. The van der Waals surface area contributed by atoms with Gasteiger partial charge in [-0.3, -0.25) is 4.79 Å². The maximum absolute atomic E-state index is 12.5. The normalized spacial score (nSPS) is 14.7. The van der Waals surface area contributed by atoms with Crippen molar-refractivity contribution in [2.45, 2.75) is 18.9 Å². The zero-order valence-corrected chi connectivity index (χ0v) is 14.7. The van der Waals surface area contributed by atoms with Crippen LogP contribution in [-0.4, -0.2) is 54.2 Å². The van der Waals surface area contributed by atoms with Crippen LogP contribution in [0.4, 0.5) is 5.69 Å². The number of esters is 1. The van der Waals surface area contributed by atoms with Gasteiger partial charge in [-0.25, -0.2) is 9.48 Å². The summed E-state index contributed by atoms with van der Waals surface area (Å²) in [5.74, 6) is -0.529. The molecule has 0 unspecified atom stereocenters. The Bertz CT molecular complexity index is 798. The maximum Gasteiger partial charge on any atom is 0.340 e. The number of ether oxygens (including phenoxy) is 2. The zero-order chi connectivity index (χ0) is 18.5. The first-order valence-electron chi connectivity index (χ1n) is 8.32. The molecule has 1 fully saturated rings. The summed E-state index contributed by atoms with van der Waals surface area (Å²) in [6, 6.07) is 4.97. The summed E-state index contributed by atoms with van der Waals surface area (Å²) < 4.78 is 11.6. The number of anilines is 1. The molecule has 0 radical (unpaired) electrons. The summed E-state index contributed by atoms with van der Waals surface area (Å²) >= 11 is 0. The third-order valence-corrected chi connectivity index (χ3v) is 4.31. The number of carbonyl (C=O) groups is 2. The van der Waals surface area contributed by atoms with Crippen molar-refractivity contribution >= 4 is 17.6 Å². The van der Waals surface area contributed by atoms with Crippen molar-refractivity contribution in [2.75, 3.05) is 32.6 Å². The molecule has 1 amide bonds. The van der Waals surface area contributed by atoms with Gasteiger partial charge in [0.05, 0.1) is 37.7 Å². The fourth-order valence-electron chi connectivity index (χ4n) is 2.85. The molecule has 0 aliphatic carbocycles. The fraction of sp³-hybridized carbons (Fsp3) is 0.412. The summed E-state index contributed by atoms with van der Waals surface area (Å²) in [4.78, 5) is 24.5. The molecule has 0 bridgehead atoms. The quantitative estimate of drug-likeness (QED) is 0.774. The number of hydrogen-bond donors (Lipinski definition) is 2. The van der Waals surface area contributed by atoms with E-state index in [4.69, 9.17) is 9.47 Å². The molecule has 3 rings (SSSR count). The minimum absolute atomic E-state index is 0.190. The van der Waals surface area contributed by atoms with E-state index >= 15 is 0 Å². The third kappa shape index (κ3) is 3.83. The molecule has 2 N–H and O–H groups in total. The highest BCUT2D eigenvalue weighted by Gasteiger charge is 2.20. The number of benzene rings is 1. The van der Waals surface area contributed by atoms with Crippen molar-refractivity contribution in [3.8, 4) is 5.75 Å². The van der Waals surface area contributed by atoms with Crippen LogP contribution in [0.15, 0.2) is 24.4 Å². The highest BCUT2D eigenvalue weighted by molar-refractivity contribution is 6.07. The van der Waals surface area contributed by atoms with Gasteiger partial charge in [0, 0.05) is 0 Å². The van der Waals surface area contributed by atoms with Gasteiger partial charge in [-0.15, -0.1) is 5.10 Å². The average Bonchev–Trinajstić information content (AvgIpc) is 3.18. The molecular weight excluding hydrogens is 338 g/mol. The first kappa shape index (κ1) is 17.9. The SMILES string of the molecule is COC(=O)c1cc(OC)ccc1NC(=O)c1cn(C2CCNCC2)nn1. The molecule has 1 aliphatic heterocycles. The molecular formula is C17H21N5O4. The molecule has 1 aliphatic rings. The second-order valence-corrected chi connectivity index (χ2v) is 5.92. The van der Waals surface area contributed by atoms with Crippen molar-refractivity contribution in [3.05, 3.63) is 35.7 Å². The predicted octanol–water partition coefficient (Wildman–Crippen LogP) is 1.25. The lowest BCUT2D eigenvalue weighted by Gasteiger charge is -2.22. The second-order valence-electron chi connectivity index (χ2n) is 5.92. The number of methoxy groups -OCH3 is 2. The molecule has 1 aromatic carbocycles. The molecule has 0 atom stereocenters. The van der Waals surface area contributed by atoms with Gasteiger partial charge >= 0.3 is 5.97 Å². The van der Waals surface area contributed by atoms with Gasteiger partial charge in [0.15, 0.2) is 5.69 Å². The van der Waals surface area contributed by atoms with Crippen LogP contribution in [0.2, 0.25) is 0 Å². The number of amides is 1. The van der Waals surface area contributed by atoms with Crippen LogP contribution >= 0.6 is 0 Å². The highest BCUT2D eigenvalue weighted by atomic mass is 16.5. The summed E-state index contributed by atoms with van der Waals surface area (Å²) in [6.45, 7) is 1.83. The van der Waals surface area contributed by atoms with Gasteiger partial charge in [-0.1, -0.05) is 5.21 Å². The lowest BCUT2D eigenvalue weighted by molar-refractivity contribution is 0.0601. The predicted molar refractivity (Wildman–Crippen MR) is 93.4 cm³/mol. The Morgan fingerprint density at radius 2 is 2.04 bits per heavy atom. The van der Waals surface area contributed by atoms with Gasteiger partial charge in [0.2, 0.25) is 0 Å². The van der Waals surface area contributed by atoms with Crippen molar-refractivity contribution in [3.63, 3.8) is 0 Å². The smallest absolute Gasteiger partial charge is 0.340 e. The summed E-state index contributed by atoms with van der Waals surface area (Å²) in [5, 5.41) is 14.0. The van der Waals surface area contributed by atoms with E-state index in [1.165, 1.54) is 20.3 Å². The number of carbonyl (C=O) groups excluding carboxylic acids is 2. The van der Waals surface area contributed by atoms with E-state index in [1.807, 2.05) is 0 Å². The van der Waals surface area contributed by atoms with Gasteiger partial charge in [-0.05, 0) is 44.1 Å². The number of rotatable bonds is 5. The minimum atomic E-state index is -0.572. The van der Waals surface area contributed by atoms with E-state index in [0.717, 1.165) is 25.9 Å². The molecule has 9 heteroatoms. The number of nitrogens with zero attached hydrogens (tertiary/aromatic N) is 3. The molecule has 2 aromatic rings. The lowest BCUT2D eigenvalue weighted by atomic mass is 10.1. The molecule has 9 nitrogen and oxygen atoms in total. The molecule has 1 aromatic heterocycles. The molecule has 26 heavy (non-hydrogen) atoms. The van der Waals surface area contributed by atoms with Crippen molar-refractivity contribution in [2.24, 2.45) is 0 Å². The van der Waals surface area contributed by atoms with E-state index in [1.54, 1.807) is 23.0 Å². The monoisotopic (exact) mass is 359 g/mol. The number of piperidine rings is 1. The van der Waals surface area contributed by atoms with E-state index < -0.39 is 11.9 Å². The zero-order valence-electron chi connectivity index (χ0n) is 14.7. The third-order valence-electron chi connectivity index (χ3n) is 4.31. The summed E-state index contributed by atoms with van der Waals surface area (Å²) in [7, 11) is 2.77. The summed E-state index contributed by atoms with van der Waals surface area (Å²) in [6.07, 6.45) is 3.51. The van der Waals surface area contributed by atoms with Crippen LogP contribution in [0.3, 0.4) is 0 Å². The van der Waals surface area contributed by atoms with E-state index in [2.05, 4.69) is 20.9 Å². The van der Waals surface area contributed by atoms with Crippen LogP contribution in [0.5, 0.6) is 5.75 Å². The minimum Gasteiger partial charge on any atom is -0.497 e. The van der Waals surface area contributed by atoms with E-state index in [0.29, 0.717) is 11.4 Å². The molecule has 138 valence electrons. The standard InChI is InChI=1S/C17H21N5O4/c1-25-12-3-4-14(13(9-12)17(24)26-2)19-16(23)15-10-22(21-20-15)11-5-7-18-8-6-11/h3-4,9-11,18H,5-8H2,1-2H3,(H,19,23). The largest absolute Gasteiger partial charge is 0.497 e. The Kier molecular flexibility index (Phi) is 5.47. The Labute approximate surface area is 150 Å². The first-order chi connectivity index (χ1) is 12.6. The fourth-order valence-corrected chi connectivity index (χ4v) is 2.85. The van der Waals surface area contributed by atoms with Crippen molar-refractivity contribution in [1.82, 2.24) is 20.3 Å². The van der Waals surface area contributed by atoms with E-state index in [-0.39, 0.29) is 17.3 Å². The number of hydrogen-bond acceptors (Lipinski definition) is 7. The van der Waals surface area contributed by atoms with Crippen molar-refractivity contribution in [1.29, 1.82) is 0 Å². The topological polar surface area (TPSA) is 107 Å². The first-order valence-corrected chi connectivity index (χ1v) is 8.32. The maximum atomic E-state index is 12.5. The molecule has 1 saturated heterocycles. The lowest BCUT2D eigenvalue weighted by Crippen LogP contribution is -2.29. The average molecular weight is 359 g/mol. The van der Waals surface area contributed by atoms with Gasteiger partial charge in [0.1, 0.15) is 5.75 Å². The number of nitrogens with one attached hydrogen (secondary N) is 2. The van der Waals surface area contributed by atoms with Crippen LogP contribution < -0.4 is 15.4 Å². The van der Waals surface area contributed by atoms with Crippen LogP contribution in [0.1, 0.15) is 39.7 Å². The Morgan fingerprint density at radius 1 is 1.27 bits per heavy atom. The van der Waals surface area contributed by atoms with Crippen LogP contribution in [0.25, 0.3) is 0 Å². The Morgan fingerprint density at radius 3 is 2.73 bits per heavy atom. The van der Waals surface area contributed by atoms with Gasteiger partial charge < -0.3 is 20.1 Å². The molecule has 0 saturated carbocycles. The highest BCUT2D eigenvalue weighted by Crippen LogP contribution is 2.23. The second kappa shape index (κ2) is 7.96. The van der Waals surface area contributed by atoms with E-state index in [9.17, 15) is 9.59 Å². The summed E-state index contributed by atoms with van der Waals surface area (Å²) in [5.41, 5.74) is 0.708. The Hall–Kier alpha value is -2.94. The van der Waals surface area contributed by atoms with Crippen LogP contribution in [-0.2, 0) is 4.74 Å². The van der Waals surface area contributed by atoms with Gasteiger partial charge in [0.25, 0.3) is 5.91 Å². The van der Waals surface area contributed by atoms with Crippen LogP contribution in [0, 0.1) is 0 Å². The van der Waals surface area contributed by atoms with Gasteiger partial charge in [-0.2, -0.15) is 0 Å². The number of aromatic nitrogens is 3. The molecule has 0 spiro atoms. The van der Waals surface area contributed by atoms with Crippen molar-refractivity contribution < 1.29 is 19.1 Å².